The normalized spacial score (nSPS) is 11.5. The van der Waals surface area contributed by atoms with Crippen LogP contribution in [-0.4, -0.2) is 25.2 Å². The number of anilines is 2. The van der Waals surface area contributed by atoms with Gasteiger partial charge in [-0.15, -0.1) is 0 Å². The zero-order valence-corrected chi connectivity index (χ0v) is 9.34. The molecule has 0 unspecified atom stereocenters. The average Bonchev–Trinajstić information content (AvgIpc) is 2.25. The maximum atomic E-state index is 12.4. The van der Waals surface area contributed by atoms with E-state index < -0.39 is 11.7 Å². The molecule has 4 nitrogen and oxygen atoms in total. The molecule has 0 amide bonds. The van der Waals surface area contributed by atoms with Crippen LogP contribution in [0.1, 0.15) is 12.0 Å². The SMILES string of the molecule is COCCCNc1cc(C(F)(F)F)cnc1N. The number of halogens is 3. The fourth-order valence-electron chi connectivity index (χ4n) is 1.21. The number of methoxy groups -OCH3 is 1. The zero-order chi connectivity index (χ0) is 12.9. The van der Waals surface area contributed by atoms with Crippen molar-refractivity contribution < 1.29 is 17.9 Å². The zero-order valence-electron chi connectivity index (χ0n) is 9.34. The van der Waals surface area contributed by atoms with E-state index in [1.165, 1.54) is 0 Å². The van der Waals surface area contributed by atoms with Crippen LogP contribution in [0.5, 0.6) is 0 Å². The molecular weight excluding hydrogens is 235 g/mol. The van der Waals surface area contributed by atoms with Crippen molar-refractivity contribution in [2.45, 2.75) is 12.6 Å². The smallest absolute Gasteiger partial charge is 0.385 e. The minimum absolute atomic E-state index is 0.0513. The number of alkyl halides is 3. The highest BCUT2D eigenvalue weighted by atomic mass is 19.4. The van der Waals surface area contributed by atoms with Gasteiger partial charge in [-0.1, -0.05) is 0 Å². The van der Waals surface area contributed by atoms with Crippen molar-refractivity contribution >= 4 is 11.5 Å². The summed E-state index contributed by atoms with van der Waals surface area (Å²) in [5.74, 6) is 0.0513. The van der Waals surface area contributed by atoms with Crippen LogP contribution in [0.25, 0.3) is 0 Å². The molecule has 0 aliphatic rings. The van der Waals surface area contributed by atoms with Crippen LogP contribution in [0.4, 0.5) is 24.7 Å². The van der Waals surface area contributed by atoms with E-state index in [4.69, 9.17) is 10.5 Å². The third-order valence-corrected chi connectivity index (χ3v) is 2.09. The van der Waals surface area contributed by atoms with Gasteiger partial charge in [-0.3, -0.25) is 0 Å². The van der Waals surface area contributed by atoms with E-state index in [2.05, 4.69) is 10.3 Å². The number of ether oxygens (including phenoxy) is 1. The molecule has 0 radical (unpaired) electrons. The van der Waals surface area contributed by atoms with E-state index in [0.717, 1.165) is 12.3 Å². The van der Waals surface area contributed by atoms with Gasteiger partial charge in [-0.2, -0.15) is 13.2 Å². The number of nitrogen functional groups attached to an aromatic ring is 1. The minimum atomic E-state index is -4.41. The fraction of sp³-hybridized carbons (Fsp3) is 0.500. The van der Waals surface area contributed by atoms with Gasteiger partial charge in [0.1, 0.15) is 5.82 Å². The summed E-state index contributed by atoms with van der Waals surface area (Å²) in [5.41, 5.74) is 4.85. The first-order chi connectivity index (χ1) is 7.95. The Morgan fingerprint density at radius 3 is 2.76 bits per heavy atom. The molecule has 96 valence electrons. The van der Waals surface area contributed by atoms with Crippen LogP contribution in [0.15, 0.2) is 12.3 Å². The Bertz CT molecular complexity index is 368. The highest BCUT2D eigenvalue weighted by molar-refractivity contribution is 5.62. The molecule has 1 aromatic rings. The molecule has 17 heavy (non-hydrogen) atoms. The number of nitrogens with zero attached hydrogens (tertiary/aromatic N) is 1. The molecule has 0 saturated heterocycles. The van der Waals surface area contributed by atoms with Crippen LogP contribution in [0.2, 0.25) is 0 Å². The van der Waals surface area contributed by atoms with E-state index in [0.29, 0.717) is 19.6 Å². The fourth-order valence-corrected chi connectivity index (χ4v) is 1.21. The molecule has 0 aliphatic carbocycles. The Balaban J connectivity index is 2.70. The third kappa shape index (κ3) is 4.10. The first-order valence-corrected chi connectivity index (χ1v) is 5.00. The van der Waals surface area contributed by atoms with Crippen molar-refractivity contribution in [1.29, 1.82) is 0 Å². The number of hydrogen-bond acceptors (Lipinski definition) is 4. The van der Waals surface area contributed by atoms with E-state index in [9.17, 15) is 13.2 Å². The Labute approximate surface area is 97.0 Å². The van der Waals surface area contributed by atoms with Crippen LogP contribution < -0.4 is 11.1 Å². The second kappa shape index (κ2) is 5.72. The highest BCUT2D eigenvalue weighted by Crippen LogP contribution is 2.31. The van der Waals surface area contributed by atoms with Crippen molar-refractivity contribution in [1.82, 2.24) is 4.98 Å². The van der Waals surface area contributed by atoms with Gasteiger partial charge in [0.2, 0.25) is 0 Å². The van der Waals surface area contributed by atoms with Gasteiger partial charge in [-0.25, -0.2) is 4.98 Å². The largest absolute Gasteiger partial charge is 0.417 e. The molecule has 7 heteroatoms. The lowest BCUT2D eigenvalue weighted by molar-refractivity contribution is -0.137. The summed E-state index contributed by atoms with van der Waals surface area (Å²) in [7, 11) is 1.56. The van der Waals surface area contributed by atoms with Gasteiger partial charge in [-0.05, 0) is 12.5 Å². The summed E-state index contributed by atoms with van der Waals surface area (Å²) in [6.45, 7) is 1.00. The molecule has 1 heterocycles. The summed E-state index contributed by atoms with van der Waals surface area (Å²) >= 11 is 0. The maximum Gasteiger partial charge on any atom is 0.417 e. The van der Waals surface area contributed by atoms with Gasteiger partial charge in [0.25, 0.3) is 0 Å². The second-order valence-corrected chi connectivity index (χ2v) is 3.43. The maximum absolute atomic E-state index is 12.4. The Hall–Kier alpha value is -1.50. The van der Waals surface area contributed by atoms with Crippen LogP contribution in [-0.2, 0) is 10.9 Å². The minimum Gasteiger partial charge on any atom is -0.385 e. The van der Waals surface area contributed by atoms with Crippen molar-refractivity contribution in [2.24, 2.45) is 0 Å². The summed E-state index contributed by atoms with van der Waals surface area (Å²) in [6, 6.07) is 0.954. The number of aromatic nitrogens is 1. The van der Waals surface area contributed by atoms with Gasteiger partial charge >= 0.3 is 6.18 Å². The van der Waals surface area contributed by atoms with Crippen molar-refractivity contribution in [3.8, 4) is 0 Å². The van der Waals surface area contributed by atoms with Crippen LogP contribution >= 0.6 is 0 Å². The lowest BCUT2D eigenvalue weighted by atomic mass is 10.2. The Morgan fingerprint density at radius 2 is 2.18 bits per heavy atom. The molecular formula is C10H14F3N3O. The predicted octanol–water partition coefficient (Wildman–Crippen LogP) is 2.13. The number of hydrogen-bond donors (Lipinski definition) is 2. The predicted molar refractivity (Wildman–Crippen MR) is 58.6 cm³/mol. The number of pyridine rings is 1. The summed E-state index contributed by atoms with van der Waals surface area (Å²) in [6.07, 6.45) is -3.02. The van der Waals surface area contributed by atoms with Gasteiger partial charge in [0.05, 0.1) is 11.3 Å². The van der Waals surface area contributed by atoms with Gasteiger partial charge in [0, 0.05) is 26.5 Å². The summed E-state index contributed by atoms with van der Waals surface area (Å²) < 4.78 is 42.1. The van der Waals surface area contributed by atoms with E-state index >= 15 is 0 Å². The van der Waals surface area contributed by atoms with Crippen molar-refractivity contribution in [3.63, 3.8) is 0 Å². The standard InChI is InChI=1S/C10H14F3N3O/c1-17-4-2-3-15-8-5-7(10(11,12)13)6-16-9(8)14/h5-6,15H,2-4H2,1H3,(H2,14,16). The first-order valence-electron chi connectivity index (χ1n) is 5.00. The van der Waals surface area contributed by atoms with Gasteiger partial charge in [0.15, 0.2) is 0 Å². The number of nitrogens with two attached hydrogens (primary N) is 1. The molecule has 1 rings (SSSR count). The lowest BCUT2D eigenvalue weighted by Crippen LogP contribution is -2.11. The van der Waals surface area contributed by atoms with Crippen LogP contribution in [0.3, 0.4) is 0 Å². The van der Waals surface area contributed by atoms with Crippen molar-refractivity contribution in [2.75, 3.05) is 31.3 Å². The van der Waals surface area contributed by atoms with Crippen molar-refractivity contribution in [3.05, 3.63) is 17.8 Å². The summed E-state index contributed by atoms with van der Waals surface area (Å²) in [4.78, 5) is 3.51. The average molecular weight is 249 g/mol. The molecule has 0 atom stereocenters. The molecule has 0 bridgehead atoms. The number of rotatable bonds is 5. The molecule has 3 N–H and O–H groups in total. The van der Waals surface area contributed by atoms with Crippen LogP contribution in [0, 0.1) is 0 Å². The van der Waals surface area contributed by atoms with Gasteiger partial charge < -0.3 is 15.8 Å². The van der Waals surface area contributed by atoms with E-state index in [-0.39, 0.29) is 11.5 Å². The second-order valence-electron chi connectivity index (χ2n) is 3.43. The molecule has 1 aromatic heterocycles. The van der Waals surface area contributed by atoms with E-state index in [1.807, 2.05) is 0 Å². The Morgan fingerprint density at radius 1 is 1.47 bits per heavy atom. The molecule has 0 saturated carbocycles. The molecule has 0 aromatic carbocycles. The van der Waals surface area contributed by atoms with E-state index in [1.54, 1.807) is 7.11 Å². The lowest BCUT2D eigenvalue weighted by Gasteiger charge is -2.12. The molecule has 0 spiro atoms. The highest BCUT2D eigenvalue weighted by Gasteiger charge is 2.31. The first kappa shape index (κ1) is 13.6. The molecule has 0 aliphatic heterocycles. The molecule has 0 fully saturated rings. The Kier molecular flexibility index (Phi) is 4.56. The third-order valence-electron chi connectivity index (χ3n) is 2.09. The monoisotopic (exact) mass is 249 g/mol. The number of nitrogens with one attached hydrogen (secondary N) is 1. The quantitative estimate of drug-likeness (QED) is 0.785. The summed E-state index contributed by atoms with van der Waals surface area (Å²) in [5, 5.41) is 2.79. The topological polar surface area (TPSA) is 60.2 Å².